The first-order chi connectivity index (χ1) is 8.02. The first kappa shape index (κ1) is 13.5. The van der Waals surface area contributed by atoms with Gasteiger partial charge in [0.2, 0.25) is 5.91 Å². The second kappa shape index (κ2) is 6.27. The van der Waals surface area contributed by atoms with Crippen LogP contribution in [-0.4, -0.2) is 27.8 Å². The Hall–Kier alpha value is -1.52. The Labute approximate surface area is 103 Å². The minimum absolute atomic E-state index is 0.0107. The predicted octanol–water partition coefficient (Wildman–Crippen LogP) is 1.53. The summed E-state index contributed by atoms with van der Waals surface area (Å²) in [5.41, 5.74) is 0. The Bertz CT molecular complexity index is 361. The van der Waals surface area contributed by atoms with E-state index in [2.05, 4.69) is 22.7 Å². The molecule has 0 fully saturated rings. The molecule has 0 saturated carbocycles. The van der Waals surface area contributed by atoms with Crippen molar-refractivity contribution in [1.29, 1.82) is 0 Å². The number of amides is 1. The van der Waals surface area contributed by atoms with E-state index in [1.165, 1.54) is 0 Å². The molecule has 1 rings (SSSR count). The fraction of sp³-hybridized carbons (Fsp3) is 0.667. The number of nitrogens with zero attached hydrogens (tertiary/aromatic N) is 2. The van der Waals surface area contributed by atoms with Crippen LogP contribution in [-0.2, 0) is 11.8 Å². The molecular formula is C12H22N4O. The van der Waals surface area contributed by atoms with Crippen molar-refractivity contribution in [3.63, 3.8) is 0 Å². The fourth-order valence-corrected chi connectivity index (χ4v) is 1.65. The molecule has 2 unspecified atom stereocenters. The van der Waals surface area contributed by atoms with Crippen LogP contribution >= 0.6 is 0 Å². The lowest BCUT2D eigenvalue weighted by atomic mass is 10.2. The number of aromatic nitrogens is 2. The molecule has 0 spiro atoms. The van der Waals surface area contributed by atoms with E-state index in [9.17, 15) is 4.79 Å². The van der Waals surface area contributed by atoms with Crippen molar-refractivity contribution in [3.8, 4) is 0 Å². The minimum atomic E-state index is -0.274. The normalized spacial score (nSPS) is 14.1. The van der Waals surface area contributed by atoms with Crippen LogP contribution in [0.2, 0.25) is 0 Å². The van der Waals surface area contributed by atoms with E-state index >= 15 is 0 Å². The average Bonchev–Trinajstić information content (AvgIpc) is 2.64. The molecule has 2 atom stereocenters. The Balaban J connectivity index is 2.41. The molecule has 17 heavy (non-hydrogen) atoms. The van der Waals surface area contributed by atoms with Crippen molar-refractivity contribution in [1.82, 2.24) is 15.1 Å². The van der Waals surface area contributed by atoms with Crippen LogP contribution in [0.3, 0.4) is 0 Å². The molecule has 0 saturated heterocycles. The Morgan fingerprint density at radius 2 is 2.24 bits per heavy atom. The van der Waals surface area contributed by atoms with Gasteiger partial charge in [-0.2, -0.15) is 5.10 Å². The number of aryl methyl sites for hydroxylation is 1. The number of nitrogens with one attached hydrogen (secondary N) is 2. The second-order valence-corrected chi connectivity index (χ2v) is 4.44. The van der Waals surface area contributed by atoms with E-state index in [4.69, 9.17) is 0 Å². The van der Waals surface area contributed by atoms with Crippen LogP contribution < -0.4 is 10.6 Å². The lowest BCUT2D eigenvalue weighted by molar-refractivity contribution is -0.122. The third kappa shape index (κ3) is 4.46. The van der Waals surface area contributed by atoms with Gasteiger partial charge in [0.15, 0.2) is 0 Å². The molecule has 0 aliphatic heterocycles. The summed E-state index contributed by atoms with van der Waals surface area (Å²) in [6.45, 7) is 5.97. The van der Waals surface area contributed by atoms with Crippen molar-refractivity contribution in [2.75, 3.05) is 5.32 Å². The van der Waals surface area contributed by atoms with Crippen molar-refractivity contribution >= 4 is 11.7 Å². The first-order valence-electron chi connectivity index (χ1n) is 6.09. The van der Waals surface area contributed by atoms with Gasteiger partial charge in [-0.15, -0.1) is 0 Å². The van der Waals surface area contributed by atoms with Gasteiger partial charge in [-0.25, -0.2) is 0 Å². The van der Waals surface area contributed by atoms with Crippen LogP contribution in [0.5, 0.6) is 0 Å². The van der Waals surface area contributed by atoms with Gasteiger partial charge in [-0.05, 0) is 20.3 Å². The zero-order chi connectivity index (χ0) is 12.8. The lowest BCUT2D eigenvalue weighted by Gasteiger charge is -2.17. The number of hydrogen-bond donors (Lipinski definition) is 2. The summed E-state index contributed by atoms with van der Waals surface area (Å²) >= 11 is 0. The standard InChI is InChI=1S/C12H22N4O/c1-5-6-9(2)13-12(17)10(3)14-11-7-8-16(4)15-11/h7-10H,5-6H2,1-4H3,(H,13,17)(H,14,15). The maximum absolute atomic E-state index is 11.8. The van der Waals surface area contributed by atoms with Gasteiger partial charge in [0.25, 0.3) is 0 Å². The quantitative estimate of drug-likeness (QED) is 0.790. The summed E-state index contributed by atoms with van der Waals surface area (Å²) in [7, 11) is 1.85. The maximum atomic E-state index is 11.8. The molecule has 1 amide bonds. The van der Waals surface area contributed by atoms with E-state index in [-0.39, 0.29) is 18.0 Å². The third-order valence-electron chi connectivity index (χ3n) is 2.58. The molecule has 0 aliphatic rings. The van der Waals surface area contributed by atoms with Crippen molar-refractivity contribution in [3.05, 3.63) is 12.3 Å². The summed E-state index contributed by atoms with van der Waals surface area (Å²) in [6, 6.07) is 1.80. The number of rotatable bonds is 6. The second-order valence-electron chi connectivity index (χ2n) is 4.44. The topological polar surface area (TPSA) is 59.0 Å². The van der Waals surface area contributed by atoms with Crippen LogP contribution in [0.15, 0.2) is 12.3 Å². The SMILES string of the molecule is CCCC(C)NC(=O)C(C)Nc1ccn(C)n1. The van der Waals surface area contributed by atoms with Crippen LogP contribution in [0.4, 0.5) is 5.82 Å². The first-order valence-corrected chi connectivity index (χ1v) is 6.09. The van der Waals surface area contributed by atoms with E-state index in [0.717, 1.165) is 18.7 Å². The highest BCUT2D eigenvalue weighted by atomic mass is 16.2. The van der Waals surface area contributed by atoms with Gasteiger partial charge >= 0.3 is 0 Å². The Morgan fingerprint density at radius 3 is 2.76 bits per heavy atom. The van der Waals surface area contributed by atoms with Crippen LogP contribution in [0.1, 0.15) is 33.6 Å². The summed E-state index contributed by atoms with van der Waals surface area (Å²) < 4.78 is 1.70. The Kier molecular flexibility index (Phi) is 5.00. The largest absolute Gasteiger partial charge is 0.357 e. The smallest absolute Gasteiger partial charge is 0.242 e. The fourth-order valence-electron chi connectivity index (χ4n) is 1.65. The van der Waals surface area contributed by atoms with Crippen molar-refractivity contribution < 1.29 is 4.79 Å². The Morgan fingerprint density at radius 1 is 1.53 bits per heavy atom. The zero-order valence-corrected chi connectivity index (χ0v) is 11.0. The summed E-state index contributed by atoms with van der Waals surface area (Å²) in [4.78, 5) is 11.8. The average molecular weight is 238 g/mol. The predicted molar refractivity (Wildman–Crippen MR) is 68.8 cm³/mol. The minimum Gasteiger partial charge on any atom is -0.357 e. The van der Waals surface area contributed by atoms with Crippen LogP contribution in [0.25, 0.3) is 0 Å². The summed E-state index contributed by atoms with van der Waals surface area (Å²) in [5.74, 6) is 0.731. The molecule has 0 aromatic carbocycles. The molecular weight excluding hydrogens is 216 g/mol. The van der Waals surface area contributed by atoms with E-state index in [1.54, 1.807) is 4.68 Å². The van der Waals surface area contributed by atoms with E-state index in [1.807, 2.05) is 33.2 Å². The number of carbonyl (C=O) groups is 1. The number of anilines is 1. The van der Waals surface area contributed by atoms with Gasteiger partial charge < -0.3 is 10.6 Å². The molecule has 2 N–H and O–H groups in total. The zero-order valence-electron chi connectivity index (χ0n) is 11.0. The van der Waals surface area contributed by atoms with E-state index < -0.39 is 0 Å². The van der Waals surface area contributed by atoms with Gasteiger partial charge in [0, 0.05) is 25.4 Å². The summed E-state index contributed by atoms with van der Waals surface area (Å²) in [6.07, 6.45) is 3.91. The van der Waals surface area contributed by atoms with Crippen LogP contribution in [0, 0.1) is 0 Å². The highest BCUT2D eigenvalue weighted by molar-refractivity contribution is 5.84. The molecule has 0 bridgehead atoms. The molecule has 5 heteroatoms. The maximum Gasteiger partial charge on any atom is 0.242 e. The van der Waals surface area contributed by atoms with E-state index in [0.29, 0.717) is 0 Å². The van der Waals surface area contributed by atoms with Crippen molar-refractivity contribution in [2.45, 2.75) is 45.7 Å². The molecule has 96 valence electrons. The van der Waals surface area contributed by atoms with Gasteiger partial charge in [-0.1, -0.05) is 13.3 Å². The van der Waals surface area contributed by atoms with Gasteiger partial charge in [0.05, 0.1) is 0 Å². The highest BCUT2D eigenvalue weighted by Gasteiger charge is 2.15. The number of hydrogen-bond acceptors (Lipinski definition) is 3. The molecule has 0 aliphatic carbocycles. The lowest BCUT2D eigenvalue weighted by Crippen LogP contribution is -2.42. The highest BCUT2D eigenvalue weighted by Crippen LogP contribution is 2.04. The van der Waals surface area contributed by atoms with Gasteiger partial charge in [0.1, 0.15) is 11.9 Å². The molecule has 1 aromatic heterocycles. The van der Waals surface area contributed by atoms with Crippen molar-refractivity contribution in [2.24, 2.45) is 7.05 Å². The van der Waals surface area contributed by atoms with Gasteiger partial charge in [-0.3, -0.25) is 9.48 Å². The third-order valence-corrected chi connectivity index (χ3v) is 2.58. The molecule has 1 heterocycles. The molecule has 0 radical (unpaired) electrons. The molecule has 1 aromatic rings. The number of carbonyl (C=O) groups excluding carboxylic acids is 1. The monoisotopic (exact) mass is 238 g/mol. The summed E-state index contributed by atoms with van der Waals surface area (Å²) in [5, 5.41) is 10.2. The molecule has 5 nitrogen and oxygen atoms in total.